The van der Waals surface area contributed by atoms with E-state index >= 15 is 0 Å². The van der Waals surface area contributed by atoms with Gasteiger partial charge in [-0.2, -0.15) is 23.3 Å². The van der Waals surface area contributed by atoms with Crippen LogP contribution in [-0.4, -0.2) is 57.0 Å². The Morgan fingerprint density at radius 3 is 2.28 bits per heavy atom. The van der Waals surface area contributed by atoms with Crippen LogP contribution in [0.15, 0.2) is 55.0 Å². The first-order valence-corrected chi connectivity index (χ1v) is 9.93. The van der Waals surface area contributed by atoms with E-state index in [1.54, 1.807) is 35.9 Å². The summed E-state index contributed by atoms with van der Waals surface area (Å²) in [6, 6.07) is 12.5. The largest absolute Gasteiger partial charge is 0.491 e. The standard InChI is InChI=1S/C20H18N6O3.C2HF3O2/c1-28-16-7-8-17(25-20(16)29-2)24-15-9-14(10-26-19(15)22-11-23-26)12-3-5-13(6-4-12)18(21)27;3-2(4,5)1(6)7/h3-11H,1-2H3,(H2,21,27)(H,24,25);(H,6,7). The number of nitrogens with zero attached hydrogens (tertiary/aromatic N) is 4. The molecule has 3 aromatic heterocycles. The number of hydrogen-bond acceptors (Lipinski definition) is 8. The van der Waals surface area contributed by atoms with Gasteiger partial charge in [0.2, 0.25) is 5.91 Å². The summed E-state index contributed by atoms with van der Waals surface area (Å²) in [7, 11) is 3.08. The number of anilines is 2. The molecule has 4 rings (SSSR count). The van der Waals surface area contributed by atoms with Crippen molar-refractivity contribution in [2.24, 2.45) is 5.73 Å². The van der Waals surface area contributed by atoms with Crippen LogP contribution in [0.2, 0.25) is 0 Å². The zero-order valence-corrected chi connectivity index (χ0v) is 18.8. The van der Waals surface area contributed by atoms with Crippen LogP contribution in [0.25, 0.3) is 16.8 Å². The number of pyridine rings is 2. The summed E-state index contributed by atoms with van der Waals surface area (Å²) >= 11 is 0. The SMILES string of the molecule is COc1ccc(Nc2cc(-c3ccc(C(N)=O)cc3)cn3ncnc23)nc1OC.O=C(O)C(F)(F)F. The summed E-state index contributed by atoms with van der Waals surface area (Å²) in [5.74, 6) is -1.76. The highest BCUT2D eigenvalue weighted by atomic mass is 19.4. The Morgan fingerprint density at radius 1 is 1.06 bits per heavy atom. The lowest BCUT2D eigenvalue weighted by Gasteiger charge is -2.12. The number of carbonyl (C=O) groups is 2. The first kappa shape index (κ1) is 25.7. The number of alkyl halides is 3. The Morgan fingerprint density at radius 2 is 1.72 bits per heavy atom. The van der Waals surface area contributed by atoms with Crippen LogP contribution < -0.4 is 20.5 Å². The number of aliphatic carboxylic acids is 1. The number of hydrogen-bond donors (Lipinski definition) is 3. The summed E-state index contributed by atoms with van der Waals surface area (Å²) in [6.07, 6.45) is -1.75. The molecule has 0 saturated carbocycles. The maximum atomic E-state index is 11.3. The number of carboxylic acids is 1. The molecular weight excluding hydrogens is 485 g/mol. The molecule has 188 valence electrons. The topological polar surface area (TPSA) is 154 Å². The Balaban J connectivity index is 0.000000454. The molecule has 0 spiro atoms. The normalized spacial score (nSPS) is 10.8. The number of aromatic nitrogens is 4. The molecule has 0 radical (unpaired) electrons. The van der Waals surface area contributed by atoms with Crippen LogP contribution in [-0.2, 0) is 4.79 Å². The van der Waals surface area contributed by atoms with Crippen molar-refractivity contribution >= 4 is 29.0 Å². The number of ether oxygens (including phenoxy) is 2. The molecule has 0 aliphatic heterocycles. The highest BCUT2D eigenvalue weighted by Crippen LogP contribution is 2.30. The highest BCUT2D eigenvalue weighted by molar-refractivity contribution is 5.93. The van der Waals surface area contributed by atoms with Gasteiger partial charge in [-0.3, -0.25) is 4.79 Å². The number of benzene rings is 1. The molecule has 1 amide bonds. The van der Waals surface area contributed by atoms with Crippen molar-refractivity contribution in [3.8, 4) is 22.8 Å². The third-order valence-corrected chi connectivity index (χ3v) is 4.62. The maximum Gasteiger partial charge on any atom is 0.490 e. The van der Waals surface area contributed by atoms with Crippen molar-refractivity contribution in [1.29, 1.82) is 0 Å². The fourth-order valence-corrected chi connectivity index (χ4v) is 2.94. The van der Waals surface area contributed by atoms with E-state index in [2.05, 4.69) is 20.4 Å². The van der Waals surface area contributed by atoms with Crippen molar-refractivity contribution in [2.75, 3.05) is 19.5 Å². The molecule has 0 fully saturated rings. The van der Waals surface area contributed by atoms with Gasteiger partial charge in [-0.25, -0.2) is 14.3 Å². The second-order valence-electron chi connectivity index (χ2n) is 6.95. The maximum absolute atomic E-state index is 11.3. The molecule has 1 aromatic carbocycles. The quantitative estimate of drug-likeness (QED) is 0.359. The van der Waals surface area contributed by atoms with Crippen LogP contribution in [0.4, 0.5) is 24.7 Å². The minimum absolute atomic E-state index is 0.369. The lowest BCUT2D eigenvalue weighted by atomic mass is 10.0. The Hall–Kier alpha value is -4.88. The van der Waals surface area contributed by atoms with Crippen LogP contribution in [0.3, 0.4) is 0 Å². The summed E-state index contributed by atoms with van der Waals surface area (Å²) in [6.45, 7) is 0. The van der Waals surface area contributed by atoms with Crippen LogP contribution in [0.5, 0.6) is 11.6 Å². The molecule has 11 nitrogen and oxygen atoms in total. The lowest BCUT2D eigenvalue weighted by molar-refractivity contribution is -0.192. The number of halogens is 3. The second-order valence-corrected chi connectivity index (χ2v) is 6.95. The molecule has 0 aliphatic carbocycles. The monoisotopic (exact) mass is 504 g/mol. The van der Waals surface area contributed by atoms with Crippen LogP contribution in [0.1, 0.15) is 10.4 Å². The van der Waals surface area contributed by atoms with Gasteiger partial charge in [0, 0.05) is 17.3 Å². The molecule has 0 bridgehead atoms. The molecule has 3 heterocycles. The molecule has 0 saturated heterocycles. The Labute approximate surface area is 201 Å². The van der Waals surface area contributed by atoms with Gasteiger partial charge in [0.05, 0.1) is 19.9 Å². The van der Waals surface area contributed by atoms with Crippen molar-refractivity contribution < 1.29 is 37.3 Å². The molecule has 14 heteroatoms. The van der Waals surface area contributed by atoms with E-state index in [-0.39, 0.29) is 0 Å². The molecule has 0 atom stereocenters. The van der Waals surface area contributed by atoms with E-state index in [0.29, 0.717) is 34.3 Å². The smallest absolute Gasteiger partial charge is 0.490 e. The number of carboxylic acid groups (broad SMARTS) is 1. The number of rotatable bonds is 6. The van der Waals surface area contributed by atoms with E-state index in [1.807, 2.05) is 24.4 Å². The van der Waals surface area contributed by atoms with Gasteiger partial charge >= 0.3 is 12.1 Å². The molecule has 4 N–H and O–H groups in total. The predicted molar refractivity (Wildman–Crippen MR) is 121 cm³/mol. The number of nitrogens with two attached hydrogens (primary N) is 1. The van der Waals surface area contributed by atoms with Crippen molar-refractivity contribution in [2.45, 2.75) is 6.18 Å². The minimum Gasteiger partial charge on any atom is -0.491 e. The zero-order chi connectivity index (χ0) is 26.5. The fourth-order valence-electron chi connectivity index (χ4n) is 2.94. The van der Waals surface area contributed by atoms with E-state index in [1.165, 1.54) is 13.4 Å². The van der Waals surface area contributed by atoms with Gasteiger partial charge in [-0.1, -0.05) is 12.1 Å². The van der Waals surface area contributed by atoms with E-state index < -0.39 is 18.1 Å². The average molecular weight is 504 g/mol. The first-order chi connectivity index (χ1) is 17.0. The minimum atomic E-state index is -5.08. The molecular formula is C22H19F3N6O5. The number of methoxy groups -OCH3 is 2. The highest BCUT2D eigenvalue weighted by Gasteiger charge is 2.38. The van der Waals surface area contributed by atoms with Crippen molar-refractivity contribution in [3.05, 3.63) is 60.6 Å². The number of carbonyl (C=O) groups excluding carboxylic acids is 1. The van der Waals surface area contributed by atoms with Crippen molar-refractivity contribution in [3.63, 3.8) is 0 Å². The third-order valence-electron chi connectivity index (χ3n) is 4.62. The van der Waals surface area contributed by atoms with Gasteiger partial charge in [0.25, 0.3) is 5.88 Å². The molecule has 4 aromatic rings. The molecule has 0 unspecified atom stereocenters. The Kier molecular flexibility index (Phi) is 7.57. The molecule has 36 heavy (non-hydrogen) atoms. The third kappa shape index (κ3) is 5.97. The molecule has 0 aliphatic rings. The first-order valence-electron chi connectivity index (χ1n) is 9.93. The fraction of sp³-hybridized carbons (Fsp3) is 0.136. The summed E-state index contributed by atoms with van der Waals surface area (Å²) in [5.41, 5.74) is 8.89. The van der Waals surface area contributed by atoms with Gasteiger partial charge in [0.15, 0.2) is 11.4 Å². The van der Waals surface area contributed by atoms with E-state index in [4.69, 9.17) is 25.1 Å². The number of fused-ring (bicyclic) bond motifs is 1. The van der Waals surface area contributed by atoms with Crippen LogP contribution >= 0.6 is 0 Å². The average Bonchev–Trinajstić information content (AvgIpc) is 3.33. The summed E-state index contributed by atoms with van der Waals surface area (Å²) in [5, 5.41) is 14.6. The number of amides is 1. The zero-order valence-electron chi connectivity index (χ0n) is 18.8. The van der Waals surface area contributed by atoms with E-state index in [9.17, 15) is 18.0 Å². The van der Waals surface area contributed by atoms with Gasteiger partial charge in [0.1, 0.15) is 12.1 Å². The van der Waals surface area contributed by atoms with Crippen molar-refractivity contribution in [1.82, 2.24) is 19.6 Å². The summed E-state index contributed by atoms with van der Waals surface area (Å²) in [4.78, 5) is 28.9. The van der Waals surface area contributed by atoms with E-state index in [0.717, 1.165) is 11.1 Å². The Bertz CT molecular complexity index is 1390. The van der Waals surface area contributed by atoms with Crippen LogP contribution in [0, 0.1) is 0 Å². The van der Waals surface area contributed by atoms with Gasteiger partial charge in [-0.05, 0) is 35.9 Å². The number of primary amides is 1. The predicted octanol–water partition coefficient (Wildman–Crippen LogP) is 3.28. The summed E-state index contributed by atoms with van der Waals surface area (Å²) < 4.78 is 43.9. The van der Waals surface area contributed by atoms with Gasteiger partial charge in [-0.15, -0.1) is 0 Å². The lowest BCUT2D eigenvalue weighted by Crippen LogP contribution is -2.21. The number of nitrogens with one attached hydrogen (secondary N) is 1. The van der Waals surface area contributed by atoms with Gasteiger partial charge < -0.3 is 25.6 Å². The second kappa shape index (κ2) is 10.6.